The van der Waals surface area contributed by atoms with Crippen molar-refractivity contribution in [3.8, 4) is 66.8 Å². The highest BCUT2D eigenvalue weighted by molar-refractivity contribution is 6.01. The van der Waals surface area contributed by atoms with Gasteiger partial charge >= 0.3 is 0 Å². The Kier molecular flexibility index (Phi) is 14.3. The van der Waals surface area contributed by atoms with Crippen LogP contribution in [0.1, 0.15) is 67.3 Å². The zero-order chi connectivity index (χ0) is 53.3. The Morgan fingerprint density at radius 1 is 0.295 bits per heavy atom. The number of rotatable bonds is 6. The molecule has 0 amide bonds. The van der Waals surface area contributed by atoms with Crippen molar-refractivity contribution in [3.05, 3.63) is 213 Å². The van der Waals surface area contributed by atoms with E-state index >= 15 is 0 Å². The van der Waals surface area contributed by atoms with Gasteiger partial charge in [0.2, 0.25) is 0 Å². The highest BCUT2D eigenvalue weighted by Crippen LogP contribution is 2.42. The van der Waals surface area contributed by atoms with Crippen LogP contribution in [0, 0.1) is 41.5 Å². The van der Waals surface area contributed by atoms with Crippen molar-refractivity contribution in [3.63, 3.8) is 0 Å². The minimum atomic E-state index is 0.815. The van der Waals surface area contributed by atoms with E-state index < -0.39 is 0 Å². The van der Waals surface area contributed by atoms with Crippen molar-refractivity contribution in [2.45, 2.75) is 54.6 Å². The van der Waals surface area contributed by atoms with Crippen LogP contribution in [0.4, 0.5) is 0 Å². The fourth-order valence-corrected chi connectivity index (χ4v) is 12.1. The van der Waals surface area contributed by atoms with Crippen molar-refractivity contribution in [2.75, 3.05) is 39.3 Å². The van der Waals surface area contributed by atoms with Crippen molar-refractivity contribution < 1.29 is 0 Å². The molecule has 0 radical (unpaired) electrons. The van der Waals surface area contributed by atoms with Gasteiger partial charge in [0.1, 0.15) is 0 Å². The third-order valence-electron chi connectivity index (χ3n) is 15.7. The summed E-state index contributed by atoms with van der Waals surface area (Å²) in [6.07, 6.45) is 8.81. The summed E-state index contributed by atoms with van der Waals surface area (Å²) in [5, 5.41) is 14.4. The van der Waals surface area contributed by atoms with E-state index in [1.165, 1.54) is 77.9 Å². The van der Waals surface area contributed by atoms with Crippen LogP contribution in [0.25, 0.3) is 113 Å². The monoisotopic (exact) mass is 1020 g/mol. The lowest BCUT2D eigenvalue weighted by molar-refractivity contribution is 0.557. The topological polar surface area (TPSA) is 105 Å². The van der Waals surface area contributed by atoms with E-state index in [1.807, 2.05) is 0 Å². The van der Waals surface area contributed by atoms with E-state index in [0.717, 1.165) is 131 Å². The molecule has 6 aromatic carbocycles. The Morgan fingerprint density at radius 2 is 0.641 bits per heavy atom. The van der Waals surface area contributed by atoms with Gasteiger partial charge in [-0.2, -0.15) is 0 Å². The molecule has 3 aromatic heterocycles. The molecule has 0 saturated heterocycles. The summed E-state index contributed by atoms with van der Waals surface area (Å²) in [6, 6.07) is 53.6. The van der Waals surface area contributed by atoms with Gasteiger partial charge in [-0.3, -0.25) is 0 Å². The summed E-state index contributed by atoms with van der Waals surface area (Å²) in [7, 11) is 0. The Balaban J connectivity index is 1.09. The molecule has 8 heteroatoms. The molecule has 3 aliphatic rings. The van der Waals surface area contributed by atoms with Gasteiger partial charge in [0, 0.05) is 96.7 Å². The zero-order valence-corrected chi connectivity index (χ0v) is 45.7. The van der Waals surface area contributed by atoms with Crippen LogP contribution in [-0.4, -0.2) is 59.2 Å². The first-order valence-corrected chi connectivity index (χ1v) is 27.7. The van der Waals surface area contributed by atoms with E-state index in [1.54, 1.807) is 0 Å². The van der Waals surface area contributed by atoms with Crippen LogP contribution in [0.2, 0.25) is 0 Å². The van der Waals surface area contributed by atoms with E-state index in [0.29, 0.717) is 0 Å². The number of hydrogen-bond acceptors (Lipinski definition) is 6. The maximum Gasteiger partial charge on any atom is 0.0737 e. The van der Waals surface area contributed by atoms with Crippen molar-refractivity contribution in [2.24, 2.45) is 0 Å². The molecule has 6 heterocycles. The number of hydrogen-bond donors (Lipinski definition) is 6. The predicted octanol–water partition coefficient (Wildman–Crippen LogP) is 14.9. The summed E-state index contributed by atoms with van der Waals surface area (Å²) in [5.41, 5.74) is 30.9. The Bertz CT molecular complexity index is 3870. The maximum absolute atomic E-state index is 5.69. The second kappa shape index (κ2) is 22.0. The number of fused-ring (bicyclic) bond motifs is 9. The van der Waals surface area contributed by atoms with E-state index in [2.05, 4.69) is 243 Å². The predicted molar refractivity (Wildman–Crippen MR) is 329 cm³/mol. The average Bonchev–Trinajstić information content (AvgIpc) is 4.33. The number of aryl methyl sites for hydroxylation is 6. The number of benzene rings is 6. The van der Waals surface area contributed by atoms with Crippen molar-refractivity contribution in [1.82, 2.24) is 41.2 Å². The van der Waals surface area contributed by atoms with Crippen LogP contribution in [-0.2, 0) is 13.1 Å². The summed E-state index contributed by atoms with van der Waals surface area (Å²) in [4.78, 5) is 19.4. The fraction of sp³-hybridized carbons (Fsp3) is 0.200. The lowest BCUT2D eigenvalue weighted by atomic mass is 9.92. The second-order valence-corrected chi connectivity index (χ2v) is 21.4. The summed E-state index contributed by atoms with van der Waals surface area (Å²) < 4.78 is 0. The van der Waals surface area contributed by atoms with Gasteiger partial charge < -0.3 is 31.2 Å². The summed E-state index contributed by atoms with van der Waals surface area (Å²) in [6.45, 7) is 20.6. The SMILES string of the molecule is Cc1cc(C)c(-c2c3nc(c(-c4ccc(-c5ccc6c(c5)CNCCNCCNCCNC6)cc4)c4ccc([nH]4)c(-c4c(C)cc(C)cc4C)c4nc(c(-c5ccc(-c6ccccc6)cc5)c5ccc2[nH]5)C=C4)C=C3)c(C)c1. The number of aromatic nitrogens is 4. The summed E-state index contributed by atoms with van der Waals surface area (Å²) >= 11 is 0. The molecule has 0 atom stereocenters. The minimum Gasteiger partial charge on any atom is -0.354 e. The molecule has 3 aliphatic heterocycles. The Hall–Kier alpha value is -8.24. The number of nitrogens with zero attached hydrogens (tertiary/aromatic N) is 2. The van der Waals surface area contributed by atoms with Crippen molar-refractivity contribution in [1.29, 1.82) is 0 Å². The molecule has 78 heavy (non-hydrogen) atoms. The standard InChI is InChI=1S/C70H68N8/c1-43-36-45(3)65(46(4)37-43)69-61-26-22-57(75-61)67(52-16-12-50(13-17-52)49-10-8-7-9-11-49)58-23-27-62(76-58)70(66-47(5)38-44(2)39-48(66)6)64-29-25-60(78-64)68(59-24-28-63(69)77-59)53-18-14-51(15-19-53)54-20-21-55-41-73-34-32-71-30-31-72-33-35-74-42-56(55)40-54/h7-29,36-40,71-75,78H,30-35,41-42H2,1-6H3. The average molecular weight is 1020 g/mol. The first-order chi connectivity index (χ1) is 38.1. The molecule has 0 spiro atoms. The zero-order valence-electron chi connectivity index (χ0n) is 45.7. The third-order valence-corrected chi connectivity index (χ3v) is 15.7. The molecule has 9 aromatic rings. The molecule has 6 N–H and O–H groups in total. The largest absolute Gasteiger partial charge is 0.354 e. The fourth-order valence-electron chi connectivity index (χ4n) is 12.1. The van der Waals surface area contributed by atoms with Crippen LogP contribution in [0.3, 0.4) is 0 Å². The number of aromatic amines is 2. The highest BCUT2D eigenvalue weighted by atomic mass is 15.0. The van der Waals surface area contributed by atoms with Crippen LogP contribution in [0.5, 0.6) is 0 Å². The molecular weight excluding hydrogens is 953 g/mol. The maximum atomic E-state index is 5.69. The smallest absolute Gasteiger partial charge is 0.0737 e. The number of H-pyrrole nitrogens is 2. The third kappa shape index (κ3) is 10.2. The van der Waals surface area contributed by atoms with Gasteiger partial charge in [0.05, 0.1) is 22.8 Å². The molecule has 8 nitrogen and oxygen atoms in total. The molecule has 0 saturated carbocycles. The lowest BCUT2D eigenvalue weighted by Gasteiger charge is -2.16. The summed E-state index contributed by atoms with van der Waals surface area (Å²) in [5.74, 6) is 0. The molecule has 0 unspecified atom stereocenters. The van der Waals surface area contributed by atoms with Gasteiger partial charge in [-0.25, -0.2) is 9.97 Å². The normalized spacial score (nSPS) is 14.1. The first-order valence-electron chi connectivity index (χ1n) is 27.7. The van der Waals surface area contributed by atoms with Gasteiger partial charge in [0.15, 0.2) is 0 Å². The molecule has 0 fully saturated rings. The number of nitrogens with one attached hydrogen (secondary N) is 6. The quantitative estimate of drug-likeness (QED) is 0.0991. The minimum absolute atomic E-state index is 0.815. The Labute approximate surface area is 458 Å². The van der Waals surface area contributed by atoms with E-state index in [4.69, 9.17) is 9.97 Å². The molecule has 0 aliphatic carbocycles. The van der Waals surface area contributed by atoms with Gasteiger partial charge in [0.25, 0.3) is 0 Å². The first kappa shape index (κ1) is 50.6. The van der Waals surface area contributed by atoms with Crippen LogP contribution < -0.4 is 21.3 Å². The van der Waals surface area contributed by atoms with Gasteiger partial charge in [-0.15, -0.1) is 0 Å². The lowest BCUT2D eigenvalue weighted by Crippen LogP contribution is -2.35. The van der Waals surface area contributed by atoms with E-state index in [-0.39, 0.29) is 0 Å². The molecular formula is C70H68N8. The highest BCUT2D eigenvalue weighted by Gasteiger charge is 2.22. The van der Waals surface area contributed by atoms with Gasteiger partial charge in [-0.1, -0.05) is 126 Å². The Morgan fingerprint density at radius 3 is 1.09 bits per heavy atom. The second-order valence-electron chi connectivity index (χ2n) is 21.4. The van der Waals surface area contributed by atoms with Gasteiger partial charge in [-0.05, 0) is 174 Å². The molecule has 12 rings (SSSR count). The van der Waals surface area contributed by atoms with Crippen LogP contribution in [0.15, 0.2) is 146 Å². The van der Waals surface area contributed by atoms with E-state index in [9.17, 15) is 0 Å². The molecule has 8 bridgehead atoms. The molecule has 388 valence electrons. The van der Waals surface area contributed by atoms with Crippen molar-refractivity contribution >= 4 is 46.4 Å². The van der Waals surface area contributed by atoms with Crippen LogP contribution >= 0.6 is 0 Å².